The minimum absolute atomic E-state index is 0.334. The molecule has 2 aromatic carbocycles. The molecule has 162 valence electrons. The van der Waals surface area contributed by atoms with Crippen LogP contribution in [0.1, 0.15) is 21.5 Å². The van der Waals surface area contributed by atoms with E-state index in [0.29, 0.717) is 36.6 Å². The summed E-state index contributed by atoms with van der Waals surface area (Å²) in [5.41, 5.74) is 2.39. The average Bonchev–Trinajstić information content (AvgIpc) is 3.31. The van der Waals surface area contributed by atoms with E-state index < -0.39 is 5.97 Å². The smallest absolute Gasteiger partial charge is 0.338 e. The van der Waals surface area contributed by atoms with Crippen LogP contribution < -0.4 is 14.8 Å². The molecule has 31 heavy (non-hydrogen) atoms. The Hall–Kier alpha value is -3.81. The lowest BCUT2D eigenvalue weighted by Crippen LogP contribution is -2.30. The Morgan fingerprint density at radius 1 is 1.00 bits per heavy atom. The Morgan fingerprint density at radius 2 is 1.74 bits per heavy atom. The van der Waals surface area contributed by atoms with Crippen molar-refractivity contribution >= 4 is 11.9 Å². The fraction of sp³-hybridized carbons (Fsp3) is 0.261. The summed E-state index contributed by atoms with van der Waals surface area (Å²) in [6.45, 7) is 0.693. The topological polar surface area (TPSA) is 91.7 Å². The van der Waals surface area contributed by atoms with Crippen LogP contribution in [0.15, 0.2) is 60.9 Å². The average molecular weight is 423 g/mol. The minimum atomic E-state index is -0.541. The molecule has 0 atom stereocenters. The van der Waals surface area contributed by atoms with Gasteiger partial charge in [-0.25, -0.2) is 4.79 Å². The zero-order chi connectivity index (χ0) is 22.1. The third kappa shape index (κ3) is 6.33. The van der Waals surface area contributed by atoms with E-state index in [1.54, 1.807) is 37.2 Å². The number of rotatable bonds is 10. The Balaban J connectivity index is 1.40. The molecule has 1 N–H and O–H groups in total. The van der Waals surface area contributed by atoms with E-state index in [1.807, 2.05) is 42.6 Å². The van der Waals surface area contributed by atoms with Crippen LogP contribution in [0, 0.1) is 0 Å². The quantitative estimate of drug-likeness (QED) is 0.504. The van der Waals surface area contributed by atoms with Gasteiger partial charge in [0.1, 0.15) is 0 Å². The molecule has 1 heterocycles. The van der Waals surface area contributed by atoms with Crippen molar-refractivity contribution in [3.8, 4) is 11.5 Å². The molecule has 8 heteroatoms. The van der Waals surface area contributed by atoms with Crippen LogP contribution in [0.5, 0.6) is 11.5 Å². The number of methoxy groups -OCH3 is 2. The second kappa shape index (κ2) is 10.8. The van der Waals surface area contributed by atoms with Crippen molar-refractivity contribution in [1.29, 1.82) is 0 Å². The lowest BCUT2D eigenvalue weighted by molar-refractivity contribution is -0.124. The zero-order valence-corrected chi connectivity index (χ0v) is 17.5. The predicted molar refractivity (Wildman–Crippen MR) is 114 cm³/mol. The largest absolute Gasteiger partial charge is 0.493 e. The lowest BCUT2D eigenvalue weighted by Gasteiger charge is -2.10. The van der Waals surface area contributed by atoms with Crippen molar-refractivity contribution in [2.24, 2.45) is 0 Å². The van der Waals surface area contributed by atoms with Crippen molar-refractivity contribution in [2.75, 3.05) is 27.4 Å². The van der Waals surface area contributed by atoms with Gasteiger partial charge in [-0.15, -0.1) is 0 Å². The standard InChI is InChI=1S/C23H25N3O5/c1-29-20-9-6-17(14-21(20)30-2)10-12-24-22(27)16-31-23(28)19-7-4-18(5-8-19)15-26-13-3-11-25-26/h3-9,11,13-14H,10,12,15-16H2,1-2H3,(H,24,27). The van der Waals surface area contributed by atoms with Gasteiger partial charge >= 0.3 is 5.97 Å². The molecule has 0 saturated heterocycles. The molecule has 3 rings (SSSR count). The summed E-state index contributed by atoms with van der Waals surface area (Å²) in [6.07, 6.45) is 4.19. The van der Waals surface area contributed by atoms with E-state index in [9.17, 15) is 9.59 Å². The van der Waals surface area contributed by atoms with Crippen molar-refractivity contribution in [1.82, 2.24) is 15.1 Å². The first-order chi connectivity index (χ1) is 15.1. The normalized spacial score (nSPS) is 10.4. The number of benzene rings is 2. The highest BCUT2D eigenvalue weighted by atomic mass is 16.5. The molecule has 1 aromatic heterocycles. The number of esters is 1. The number of carbonyl (C=O) groups is 2. The number of hydrogen-bond acceptors (Lipinski definition) is 6. The van der Waals surface area contributed by atoms with Gasteiger partial charge in [-0.3, -0.25) is 9.48 Å². The summed E-state index contributed by atoms with van der Waals surface area (Å²) in [5, 5.41) is 6.89. The molecule has 0 spiro atoms. The summed E-state index contributed by atoms with van der Waals surface area (Å²) in [7, 11) is 3.15. The third-order valence-electron chi connectivity index (χ3n) is 4.61. The third-order valence-corrected chi connectivity index (χ3v) is 4.61. The highest BCUT2D eigenvalue weighted by molar-refractivity contribution is 5.91. The maximum absolute atomic E-state index is 12.2. The molecule has 0 aliphatic carbocycles. The number of hydrogen-bond donors (Lipinski definition) is 1. The van der Waals surface area contributed by atoms with Crippen molar-refractivity contribution in [2.45, 2.75) is 13.0 Å². The van der Waals surface area contributed by atoms with Crippen LogP contribution in [-0.4, -0.2) is 49.0 Å². The molecule has 0 aliphatic rings. The summed E-state index contributed by atoms with van der Waals surface area (Å²) < 4.78 is 17.4. The van der Waals surface area contributed by atoms with Gasteiger partial charge in [-0.05, 0) is 47.9 Å². The summed E-state index contributed by atoms with van der Waals surface area (Å²) in [6, 6.07) is 14.5. The van der Waals surface area contributed by atoms with Crippen molar-refractivity contribution in [3.05, 3.63) is 77.6 Å². The molecule has 0 fully saturated rings. The van der Waals surface area contributed by atoms with Gasteiger partial charge in [0.2, 0.25) is 0 Å². The molecule has 0 aliphatic heterocycles. The van der Waals surface area contributed by atoms with Gasteiger partial charge in [0.25, 0.3) is 5.91 Å². The van der Waals surface area contributed by atoms with Crippen LogP contribution in [0.3, 0.4) is 0 Å². The monoisotopic (exact) mass is 423 g/mol. The van der Waals surface area contributed by atoms with Crippen LogP contribution >= 0.6 is 0 Å². The highest BCUT2D eigenvalue weighted by Crippen LogP contribution is 2.27. The minimum Gasteiger partial charge on any atom is -0.493 e. The fourth-order valence-electron chi connectivity index (χ4n) is 2.98. The van der Waals surface area contributed by atoms with Gasteiger partial charge in [0, 0.05) is 18.9 Å². The first-order valence-corrected chi connectivity index (χ1v) is 9.80. The number of amides is 1. The van der Waals surface area contributed by atoms with Crippen LogP contribution in [0.4, 0.5) is 0 Å². The Bertz CT molecular complexity index is 1000. The fourth-order valence-corrected chi connectivity index (χ4v) is 2.98. The van der Waals surface area contributed by atoms with Crippen LogP contribution in [0.2, 0.25) is 0 Å². The SMILES string of the molecule is COc1ccc(CCNC(=O)COC(=O)c2ccc(Cn3cccn3)cc2)cc1OC. The van der Waals surface area contributed by atoms with E-state index in [0.717, 1.165) is 11.1 Å². The van der Waals surface area contributed by atoms with Crippen molar-refractivity contribution in [3.63, 3.8) is 0 Å². The Morgan fingerprint density at radius 3 is 2.42 bits per heavy atom. The van der Waals surface area contributed by atoms with Gasteiger partial charge in [-0.1, -0.05) is 18.2 Å². The number of aromatic nitrogens is 2. The second-order valence-electron chi connectivity index (χ2n) is 6.77. The summed E-state index contributed by atoms with van der Waals surface area (Å²) >= 11 is 0. The Labute approximate surface area is 180 Å². The summed E-state index contributed by atoms with van der Waals surface area (Å²) in [4.78, 5) is 24.1. The molecule has 0 saturated carbocycles. The highest BCUT2D eigenvalue weighted by Gasteiger charge is 2.11. The first-order valence-electron chi connectivity index (χ1n) is 9.80. The van der Waals surface area contributed by atoms with E-state index in [4.69, 9.17) is 14.2 Å². The molecule has 0 bridgehead atoms. The van der Waals surface area contributed by atoms with Gasteiger partial charge in [0.15, 0.2) is 18.1 Å². The second-order valence-corrected chi connectivity index (χ2v) is 6.77. The van der Waals surface area contributed by atoms with E-state index in [2.05, 4.69) is 10.4 Å². The molecule has 1 amide bonds. The molecule has 3 aromatic rings. The summed E-state index contributed by atoms with van der Waals surface area (Å²) in [5.74, 6) is 0.386. The molecule has 8 nitrogen and oxygen atoms in total. The van der Waals surface area contributed by atoms with Crippen molar-refractivity contribution < 1.29 is 23.8 Å². The number of nitrogens with one attached hydrogen (secondary N) is 1. The number of carbonyl (C=O) groups excluding carboxylic acids is 2. The number of ether oxygens (including phenoxy) is 3. The van der Waals surface area contributed by atoms with E-state index in [-0.39, 0.29) is 12.5 Å². The molecule has 0 radical (unpaired) electrons. The van der Waals surface area contributed by atoms with E-state index >= 15 is 0 Å². The maximum atomic E-state index is 12.2. The predicted octanol–water partition coefficient (Wildman–Crippen LogP) is 2.46. The van der Waals surface area contributed by atoms with E-state index in [1.165, 1.54) is 0 Å². The van der Waals surface area contributed by atoms with Gasteiger partial charge in [0.05, 0.1) is 26.3 Å². The molecular formula is C23H25N3O5. The molecular weight excluding hydrogens is 398 g/mol. The maximum Gasteiger partial charge on any atom is 0.338 e. The number of nitrogens with zero attached hydrogens (tertiary/aromatic N) is 2. The van der Waals surface area contributed by atoms with Gasteiger partial charge in [-0.2, -0.15) is 5.10 Å². The molecule has 0 unspecified atom stereocenters. The van der Waals surface area contributed by atoms with Crippen LogP contribution in [-0.2, 0) is 22.5 Å². The van der Waals surface area contributed by atoms with Crippen LogP contribution in [0.25, 0.3) is 0 Å². The Kier molecular flexibility index (Phi) is 7.64. The zero-order valence-electron chi connectivity index (χ0n) is 17.5. The lowest BCUT2D eigenvalue weighted by atomic mass is 10.1. The van der Waals surface area contributed by atoms with Gasteiger partial charge < -0.3 is 19.5 Å². The first kappa shape index (κ1) is 21.9.